The summed E-state index contributed by atoms with van der Waals surface area (Å²) in [6.07, 6.45) is 0. The van der Waals surface area contributed by atoms with Crippen molar-refractivity contribution in [3.63, 3.8) is 0 Å². The maximum atomic E-state index is 11.6. The number of aliphatic hydroxyl groups is 1. The van der Waals surface area contributed by atoms with E-state index in [4.69, 9.17) is 43.0 Å². The molecule has 6 aromatic carbocycles. The first kappa shape index (κ1) is 42.2. The summed E-state index contributed by atoms with van der Waals surface area (Å²) >= 11 is 0. The van der Waals surface area contributed by atoms with Crippen molar-refractivity contribution in [2.24, 2.45) is 0 Å². The molecule has 0 saturated carbocycles. The number of carbonyl (C=O) groups is 1. The third-order valence-electron chi connectivity index (χ3n) is 8.12. The molecule has 0 saturated heterocycles. The van der Waals surface area contributed by atoms with Crippen molar-refractivity contribution in [1.82, 2.24) is 0 Å². The molecule has 1 N–H and O–H groups in total. The van der Waals surface area contributed by atoms with Gasteiger partial charge in [0.25, 0.3) is 0 Å². The fourth-order valence-corrected chi connectivity index (χ4v) is 5.56. The number of benzene rings is 6. The Morgan fingerprint density at radius 1 is 0.429 bits per heavy atom. The molecule has 0 atom stereocenters. The molecular formula is C44H41KO11. The Morgan fingerprint density at radius 3 is 1.14 bits per heavy atom. The number of carbonyl (C=O) groups excluding carboxylic acids is 1. The zero-order valence-corrected chi connectivity index (χ0v) is 34.2. The van der Waals surface area contributed by atoms with Crippen molar-refractivity contribution in [2.45, 2.75) is 6.61 Å². The molecule has 0 fully saturated rings. The van der Waals surface area contributed by atoms with Crippen LogP contribution in [-0.4, -0.2) is 63.9 Å². The first-order valence-electron chi connectivity index (χ1n) is 17.8. The van der Waals surface area contributed by atoms with Crippen LogP contribution in [0.1, 0.15) is 15.9 Å². The van der Waals surface area contributed by atoms with Crippen LogP contribution in [0, 0.1) is 0 Å². The number of rotatable bonds is 22. The predicted molar refractivity (Wildman–Crippen MR) is 204 cm³/mol. The maximum absolute atomic E-state index is 11.6. The second-order valence-corrected chi connectivity index (χ2v) is 11.9. The van der Waals surface area contributed by atoms with E-state index in [2.05, 4.69) is 0 Å². The molecule has 6 rings (SSSR count). The number of carboxylic acid groups (broad SMARTS) is 1. The van der Waals surface area contributed by atoms with Gasteiger partial charge in [0.2, 0.25) is 0 Å². The van der Waals surface area contributed by atoms with Crippen LogP contribution < -0.4 is 94.4 Å². The zero-order valence-electron chi connectivity index (χ0n) is 31.1. The number of fused-ring (bicyclic) bond motifs is 1. The first-order valence-corrected chi connectivity index (χ1v) is 17.8. The number of aliphatic hydroxyl groups excluding tert-OH is 1. The predicted octanol–water partition coefficient (Wildman–Crippen LogP) is 3.53. The van der Waals surface area contributed by atoms with E-state index in [0.717, 1.165) is 10.8 Å². The van der Waals surface area contributed by atoms with Gasteiger partial charge in [-0.2, -0.15) is 0 Å². The number of para-hydroxylation sites is 6. The molecule has 11 nitrogen and oxygen atoms in total. The fourth-order valence-electron chi connectivity index (χ4n) is 5.56. The van der Waals surface area contributed by atoms with Gasteiger partial charge in [-0.05, 0) is 64.9 Å². The Balaban J connectivity index is 0.00000600. The van der Waals surface area contributed by atoms with Crippen LogP contribution in [0.15, 0.2) is 133 Å². The van der Waals surface area contributed by atoms with Gasteiger partial charge in [-0.25, -0.2) is 0 Å². The normalized spacial score (nSPS) is 10.5. The third-order valence-corrected chi connectivity index (χ3v) is 8.12. The Labute approximate surface area is 368 Å². The van der Waals surface area contributed by atoms with E-state index in [0.29, 0.717) is 51.6 Å². The SMILES string of the molecule is O=C([O-])c1ccccc1COc1cc2ccccc2cc1OCCOc1ccccc1OCCOc1ccccc1OCCOc1ccccc1OCCO.[K+]. The molecule has 0 radical (unpaired) electrons. The number of carboxylic acids is 1. The summed E-state index contributed by atoms with van der Waals surface area (Å²) in [7, 11) is 0. The minimum Gasteiger partial charge on any atom is -0.545 e. The van der Waals surface area contributed by atoms with Crippen LogP contribution in [0.3, 0.4) is 0 Å². The Morgan fingerprint density at radius 2 is 0.750 bits per heavy atom. The third kappa shape index (κ3) is 12.3. The average Bonchev–Trinajstić information content (AvgIpc) is 3.22. The standard InChI is InChI=1S/C44H42O11.K/c45-21-22-48-36-15-5-6-16-37(36)49-23-24-50-38-17-7-8-18-39(38)51-25-26-52-40-19-9-10-20-41(40)53-27-28-54-42-29-32-11-1-2-12-33(32)30-43(42)55-31-34-13-3-4-14-35(34)44(46)47;/h1-20,29-30,45H,21-28,31H2,(H,46,47);/q;+1/p-1. The van der Waals surface area contributed by atoms with Gasteiger partial charge in [-0.3, -0.25) is 0 Å². The second kappa shape index (κ2) is 22.6. The molecule has 12 heteroatoms. The van der Waals surface area contributed by atoms with Crippen molar-refractivity contribution >= 4 is 16.7 Å². The average molecular weight is 785 g/mol. The van der Waals surface area contributed by atoms with Crippen molar-refractivity contribution in [3.8, 4) is 46.0 Å². The van der Waals surface area contributed by atoms with E-state index in [1.807, 2.05) is 97.1 Å². The molecule has 0 spiro atoms. The smallest absolute Gasteiger partial charge is 0.545 e. The van der Waals surface area contributed by atoms with E-state index < -0.39 is 5.97 Å². The summed E-state index contributed by atoms with van der Waals surface area (Å²) < 4.78 is 47.6. The molecule has 0 unspecified atom stereocenters. The Kier molecular flexibility index (Phi) is 17.0. The fraction of sp³-hybridized carbons (Fsp3) is 0.205. The van der Waals surface area contributed by atoms with Gasteiger partial charge in [-0.1, -0.05) is 84.9 Å². The summed E-state index contributed by atoms with van der Waals surface area (Å²) in [5.41, 5.74) is 0.573. The van der Waals surface area contributed by atoms with Gasteiger partial charge in [0.15, 0.2) is 46.0 Å². The zero-order chi connectivity index (χ0) is 38.1. The van der Waals surface area contributed by atoms with Crippen LogP contribution >= 0.6 is 0 Å². The van der Waals surface area contributed by atoms with Crippen molar-refractivity contribution in [1.29, 1.82) is 0 Å². The number of aromatic carboxylic acids is 1. The Hall–Kier alpha value is -4.95. The van der Waals surface area contributed by atoms with E-state index in [1.54, 1.807) is 30.3 Å². The van der Waals surface area contributed by atoms with Crippen LogP contribution in [0.5, 0.6) is 46.0 Å². The van der Waals surface area contributed by atoms with Crippen molar-refractivity contribution < 1.29 is 104 Å². The van der Waals surface area contributed by atoms with Gasteiger partial charge in [0.1, 0.15) is 52.9 Å². The van der Waals surface area contributed by atoms with Gasteiger partial charge in [0.05, 0.1) is 12.6 Å². The minimum absolute atomic E-state index is 0. The van der Waals surface area contributed by atoms with Crippen molar-refractivity contribution in [3.05, 3.63) is 145 Å². The molecule has 0 aliphatic heterocycles. The molecule has 6 aromatic rings. The maximum Gasteiger partial charge on any atom is 1.00 e. The van der Waals surface area contributed by atoms with Gasteiger partial charge < -0.3 is 52.9 Å². The molecule has 0 heterocycles. The molecule has 56 heavy (non-hydrogen) atoms. The van der Waals surface area contributed by atoms with Crippen LogP contribution in [0.2, 0.25) is 0 Å². The largest absolute Gasteiger partial charge is 1.00 e. The van der Waals surface area contributed by atoms with Crippen molar-refractivity contribution in [2.75, 3.05) is 52.9 Å². The minimum atomic E-state index is -1.26. The molecule has 0 aromatic heterocycles. The molecular weight excluding hydrogens is 744 g/mol. The molecule has 0 bridgehead atoms. The van der Waals surface area contributed by atoms with Gasteiger partial charge >= 0.3 is 51.4 Å². The van der Waals surface area contributed by atoms with Crippen LogP contribution in [0.25, 0.3) is 10.8 Å². The molecule has 0 amide bonds. The van der Waals surface area contributed by atoms with E-state index in [9.17, 15) is 9.90 Å². The molecule has 0 aliphatic carbocycles. The summed E-state index contributed by atoms with van der Waals surface area (Å²) in [4.78, 5) is 11.6. The van der Waals surface area contributed by atoms with E-state index in [-0.39, 0.29) is 116 Å². The summed E-state index contributed by atoms with van der Waals surface area (Å²) in [6, 6.07) is 40.2. The molecule has 0 aliphatic rings. The van der Waals surface area contributed by atoms with Gasteiger partial charge in [0, 0.05) is 5.56 Å². The first-order chi connectivity index (χ1) is 27.1. The number of ether oxygens (including phenoxy) is 8. The second-order valence-electron chi connectivity index (χ2n) is 11.9. The van der Waals surface area contributed by atoms with E-state index in [1.165, 1.54) is 6.07 Å². The number of hydrogen-bond acceptors (Lipinski definition) is 11. The topological polar surface area (TPSA) is 134 Å². The summed E-state index contributed by atoms with van der Waals surface area (Å²) in [5.74, 6) is 3.08. The van der Waals surface area contributed by atoms with E-state index >= 15 is 0 Å². The summed E-state index contributed by atoms with van der Waals surface area (Å²) in [6.45, 7) is 1.58. The van der Waals surface area contributed by atoms with Gasteiger partial charge in [-0.15, -0.1) is 0 Å². The van der Waals surface area contributed by atoms with Crippen LogP contribution in [0.4, 0.5) is 0 Å². The number of hydrogen-bond donors (Lipinski definition) is 1. The van der Waals surface area contributed by atoms with Crippen LogP contribution in [-0.2, 0) is 6.61 Å². The Bertz CT molecular complexity index is 2140. The quantitative estimate of drug-likeness (QED) is 0.0801. The monoisotopic (exact) mass is 784 g/mol. The summed E-state index contributed by atoms with van der Waals surface area (Å²) in [5, 5.41) is 22.6. The molecule has 284 valence electrons.